The predicted octanol–water partition coefficient (Wildman–Crippen LogP) is 1.17. The van der Waals surface area contributed by atoms with Gasteiger partial charge in [-0.1, -0.05) is 6.07 Å². The number of nitrogens with one attached hydrogen (secondary N) is 1. The Morgan fingerprint density at radius 1 is 1.30 bits per heavy atom. The second-order valence-electron chi connectivity index (χ2n) is 4.70. The fourth-order valence-electron chi connectivity index (χ4n) is 1.91. The van der Waals surface area contributed by atoms with Gasteiger partial charge in [-0.05, 0) is 18.6 Å². The van der Waals surface area contributed by atoms with Crippen molar-refractivity contribution in [3.8, 4) is 0 Å². The van der Waals surface area contributed by atoms with E-state index in [2.05, 4.69) is 10.3 Å². The number of carbonyl (C=O) groups excluding carboxylic acids is 1. The van der Waals surface area contributed by atoms with E-state index in [0.717, 1.165) is 16.9 Å². The average Bonchev–Trinajstić information content (AvgIpc) is 2.78. The van der Waals surface area contributed by atoms with Crippen LogP contribution in [-0.4, -0.2) is 32.9 Å². The molecule has 0 spiro atoms. The van der Waals surface area contributed by atoms with Crippen molar-refractivity contribution in [3.05, 3.63) is 35.8 Å². The molecule has 0 atom stereocenters. The normalized spacial score (nSPS) is 10.7. The number of pyridine rings is 1. The summed E-state index contributed by atoms with van der Waals surface area (Å²) in [4.78, 5) is 26.1. The monoisotopic (exact) mass is 275 g/mol. The molecule has 0 unspecified atom stereocenters. The van der Waals surface area contributed by atoms with Crippen LogP contribution in [0.25, 0.3) is 5.65 Å². The van der Waals surface area contributed by atoms with E-state index >= 15 is 0 Å². The van der Waals surface area contributed by atoms with Crippen LogP contribution >= 0.6 is 0 Å². The molecule has 6 nitrogen and oxygen atoms in total. The highest BCUT2D eigenvalue weighted by Crippen LogP contribution is 2.07. The highest BCUT2D eigenvalue weighted by atomic mass is 16.4. The van der Waals surface area contributed by atoms with E-state index < -0.39 is 5.97 Å². The van der Waals surface area contributed by atoms with E-state index in [1.54, 1.807) is 0 Å². The molecule has 0 radical (unpaired) electrons. The van der Waals surface area contributed by atoms with E-state index in [1.165, 1.54) is 0 Å². The molecule has 1 amide bonds. The van der Waals surface area contributed by atoms with Crippen LogP contribution < -0.4 is 5.32 Å². The van der Waals surface area contributed by atoms with E-state index in [4.69, 9.17) is 5.11 Å². The first-order valence-corrected chi connectivity index (χ1v) is 6.47. The maximum absolute atomic E-state index is 11.4. The highest BCUT2D eigenvalue weighted by Gasteiger charge is 2.06. The smallest absolute Gasteiger partial charge is 0.303 e. The zero-order valence-corrected chi connectivity index (χ0v) is 11.3. The summed E-state index contributed by atoms with van der Waals surface area (Å²) in [5.74, 6) is -1.21. The van der Waals surface area contributed by atoms with Gasteiger partial charge in [0, 0.05) is 31.8 Å². The van der Waals surface area contributed by atoms with Crippen LogP contribution in [0.2, 0.25) is 0 Å². The molecule has 2 N–H and O–H groups in total. The zero-order chi connectivity index (χ0) is 14.5. The Balaban J connectivity index is 1.83. The molecule has 0 saturated carbocycles. The van der Waals surface area contributed by atoms with E-state index in [-0.39, 0.29) is 18.7 Å². The van der Waals surface area contributed by atoms with Crippen molar-refractivity contribution >= 4 is 17.5 Å². The van der Waals surface area contributed by atoms with Gasteiger partial charge in [-0.15, -0.1) is 0 Å². The van der Waals surface area contributed by atoms with Gasteiger partial charge in [0.25, 0.3) is 0 Å². The Bertz CT molecular complexity index is 634. The number of hydrogen-bond donors (Lipinski definition) is 2. The first-order valence-electron chi connectivity index (χ1n) is 6.47. The van der Waals surface area contributed by atoms with E-state index in [9.17, 15) is 9.59 Å². The van der Waals surface area contributed by atoms with Crippen LogP contribution in [0, 0.1) is 6.92 Å². The molecule has 0 aliphatic rings. The van der Waals surface area contributed by atoms with Crippen LogP contribution in [0.5, 0.6) is 0 Å². The summed E-state index contributed by atoms with van der Waals surface area (Å²) in [6, 6.07) is 3.95. The largest absolute Gasteiger partial charge is 0.481 e. The molecule has 0 aliphatic heterocycles. The van der Waals surface area contributed by atoms with Gasteiger partial charge in [-0.3, -0.25) is 9.59 Å². The second kappa shape index (κ2) is 6.18. The lowest BCUT2D eigenvalue weighted by molar-refractivity contribution is -0.138. The number of nitrogens with zero attached hydrogens (tertiary/aromatic N) is 2. The summed E-state index contributed by atoms with van der Waals surface area (Å²) in [5, 5.41) is 11.2. The summed E-state index contributed by atoms with van der Waals surface area (Å²) in [6.45, 7) is 2.48. The molecule has 0 saturated heterocycles. The predicted molar refractivity (Wildman–Crippen MR) is 73.5 cm³/mol. The molecule has 2 rings (SSSR count). The third kappa shape index (κ3) is 3.81. The number of aryl methyl sites for hydroxylation is 1. The van der Waals surface area contributed by atoms with Crippen LogP contribution in [0.1, 0.15) is 24.1 Å². The molecule has 2 heterocycles. The van der Waals surface area contributed by atoms with Gasteiger partial charge in [0.05, 0.1) is 12.1 Å². The van der Waals surface area contributed by atoms with Crippen molar-refractivity contribution in [1.29, 1.82) is 0 Å². The molecule has 0 aromatic carbocycles. The summed E-state index contributed by atoms with van der Waals surface area (Å²) in [7, 11) is 0. The standard InChI is InChI=1S/C14H17N3O3/c1-10-2-3-12-16-11(9-17(12)8-10)6-7-15-13(18)4-5-14(19)20/h2-3,8-9H,4-7H2,1H3,(H,15,18)(H,19,20). The topological polar surface area (TPSA) is 83.7 Å². The highest BCUT2D eigenvalue weighted by molar-refractivity contribution is 5.80. The van der Waals surface area contributed by atoms with Gasteiger partial charge in [-0.2, -0.15) is 0 Å². The van der Waals surface area contributed by atoms with Crippen LogP contribution in [0.4, 0.5) is 0 Å². The Morgan fingerprint density at radius 3 is 2.85 bits per heavy atom. The first kappa shape index (κ1) is 14.0. The number of imidazole rings is 1. The number of rotatable bonds is 6. The zero-order valence-electron chi connectivity index (χ0n) is 11.3. The third-order valence-electron chi connectivity index (χ3n) is 2.92. The van der Waals surface area contributed by atoms with Crippen molar-refractivity contribution in [1.82, 2.24) is 14.7 Å². The first-order chi connectivity index (χ1) is 9.54. The number of carboxylic acid groups (broad SMARTS) is 1. The molecule has 0 aliphatic carbocycles. The summed E-state index contributed by atoms with van der Waals surface area (Å²) in [6.07, 6.45) is 4.43. The number of carboxylic acids is 1. The summed E-state index contributed by atoms with van der Waals surface area (Å²) in [5.41, 5.74) is 2.93. The minimum absolute atomic E-state index is 0.0136. The van der Waals surface area contributed by atoms with Crippen LogP contribution in [0.15, 0.2) is 24.5 Å². The van der Waals surface area contributed by atoms with Crippen molar-refractivity contribution < 1.29 is 14.7 Å². The number of hydrogen-bond acceptors (Lipinski definition) is 3. The van der Waals surface area contributed by atoms with Crippen LogP contribution in [-0.2, 0) is 16.0 Å². The number of aromatic nitrogens is 2. The molecular formula is C14H17N3O3. The van der Waals surface area contributed by atoms with Gasteiger partial charge >= 0.3 is 5.97 Å². The maximum Gasteiger partial charge on any atom is 0.303 e. The molecule has 0 bridgehead atoms. The van der Waals surface area contributed by atoms with E-state index in [0.29, 0.717) is 13.0 Å². The van der Waals surface area contributed by atoms with Gasteiger partial charge < -0.3 is 14.8 Å². The Labute approximate surface area is 116 Å². The molecular weight excluding hydrogens is 258 g/mol. The molecule has 2 aromatic heterocycles. The lowest BCUT2D eigenvalue weighted by Crippen LogP contribution is -2.26. The maximum atomic E-state index is 11.4. The minimum Gasteiger partial charge on any atom is -0.481 e. The Hall–Kier alpha value is -2.37. The molecule has 6 heteroatoms. The lowest BCUT2D eigenvalue weighted by Gasteiger charge is -2.01. The molecule has 20 heavy (non-hydrogen) atoms. The lowest BCUT2D eigenvalue weighted by atomic mass is 10.3. The van der Waals surface area contributed by atoms with Gasteiger partial charge in [0.1, 0.15) is 5.65 Å². The molecule has 106 valence electrons. The SMILES string of the molecule is Cc1ccc2nc(CCNC(=O)CCC(=O)O)cn2c1. The quantitative estimate of drug-likeness (QED) is 0.828. The van der Waals surface area contributed by atoms with Gasteiger partial charge in [-0.25, -0.2) is 4.98 Å². The molecule has 2 aromatic rings. The summed E-state index contributed by atoms with van der Waals surface area (Å²) < 4.78 is 1.96. The van der Waals surface area contributed by atoms with Crippen molar-refractivity contribution in [3.63, 3.8) is 0 Å². The molecule has 0 fully saturated rings. The average molecular weight is 275 g/mol. The van der Waals surface area contributed by atoms with Crippen molar-refractivity contribution in [2.45, 2.75) is 26.2 Å². The fraction of sp³-hybridized carbons (Fsp3) is 0.357. The van der Waals surface area contributed by atoms with Gasteiger partial charge in [0.15, 0.2) is 0 Å². The van der Waals surface area contributed by atoms with E-state index in [1.807, 2.05) is 35.9 Å². The fourth-order valence-corrected chi connectivity index (χ4v) is 1.91. The third-order valence-corrected chi connectivity index (χ3v) is 2.92. The number of fused-ring (bicyclic) bond motifs is 1. The Kier molecular flexibility index (Phi) is 4.34. The second-order valence-corrected chi connectivity index (χ2v) is 4.70. The van der Waals surface area contributed by atoms with Gasteiger partial charge in [0.2, 0.25) is 5.91 Å². The number of aliphatic carboxylic acids is 1. The number of carbonyl (C=O) groups is 2. The van der Waals surface area contributed by atoms with Crippen molar-refractivity contribution in [2.24, 2.45) is 0 Å². The Morgan fingerprint density at radius 2 is 2.10 bits per heavy atom. The summed E-state index contributed by atoms with van der Waals surface area (Å²) >= 11 is 0. The number of amides is 1. The van der Waals surface area contributed by atoms with Crippen LogP contribution in [0.3, 0.4) is 0 Å². The minimum atomic E-state index is -0.962. The van der Waals surface area contributed by atoms with Crippen molar-refractivity contribution in [2.75, 3.05) is 6.54 Å².